The molecule has 1 aromatic carbocycles. The number of aromatic nitrogens is 1. The maximum atomic E-state index is 4.80. The smallest absolute Gasteiger partial charge is 0.191 e. The maximum absolute atomic E-state index is 4.80. The van der Waals surface area contributed by atoms with Crippen molar-refractivity contribution >= 4 is 41.3 Å². The van der Waals surface area contributed by atoms with Crippen LogP contribution in [0.4, 0.5) is 0 Å². The number of thiazole rings is 1. The van der Waals surface area contributed by atoms with Crippen LogP contribution in [-0.4, -0.2) is 47.6 Å². The predicted octanol–water partition coefficient (Wildman–Crippen LogP) is 4.50. The number of halogens is 1. The van der Waals surface area contributed by atoms with Gasteiger partial charge in [-0.25, -0.2) is 9.98 Å². The molecule has 0 radical (unpaired) electrons. The summed E-state index contributed by atoms with van der Waals surface area (Å²) in [5.41, 5.74) is 2.20. The minimum atomic E-state index is 0. The summed E-state index contributed by atoms with van der Waals surface area (Å²) in [7, 11) is 0. The summed E-state index contributed by atoms with van der Waals surface area (Å²) in [6.07, 6.45) is 6.78. The third-order valence-electron chi connectivity index (χ3n) is 5.72. The van der Waals surface area contributed by atoms with Crippen molar-refractivity contribution in [1.29, 1.82) is 0 Å². The summed E-state index contributed by atoms with van der Waals surface area (Å²) in [6, 6.07) is 11.7. The van der Waals surface area contributed by atoms with Gasteiger partial charge < -0.3 is 10.6 Å². The molecule has 1 unspecified atom stereocenters. The summed E-state index contributed by atoms with van der Waals surface area (Å²) in [6.45, 7) is 5.96. The van der Waals surface area contributed by atoms with Crippen molar-refractivity contribution < 1.29 is 0 Å². The first-order chi connectivity index (χ1) is 13.8. The van der Waals surface area contributed by atoms with Gasteiger partial charge in [0.15, 0.2) is 5.96 Å². The zero-order chi connectivity index (χ0) is 19.2. The van der Waals surface area contributed by atoms with Gasteiger partial charge in [-0.1, -0.05) is 43.2 Å². The van der Waals surface area contributed by atoms with E-state index in [0.29, 0.717) is 12.6 Å². The molecular weight excluding hydrogens is 493 g/mol. The number of nitrogens with zero attached hydrogens (tertiary/aromatic N) is 3. The monoisotopic (exact) mass is 525 g/mol. The zero-order valence-electron chi connectivity index (χ0n) is 17.1. The number of aliphatic imine (C=N–C) groups is 1. The van der Waals surface area contributed by atoms with Crippen molar-refractivity contribution in [3.8, 4) is 10.6 Å². The second kappa shape index (κ2) is 11.3. The lowest BCUT2D eigenvalue weighted by molar-refractivity contribution is 0.242. The first-order valence-electron chi connectivity index (χ1n) is 10.6. The molecule has 2 N–H and O–H groups in total. The van der Waals surface area contributed by atoms with Crippen LogP contribution in [0.5, 0.6) is 0 Å². The van der Waals surface area contributed by atoms with E-state index in [9.17, 15) is 0 Å². The molecule has 2 aliphatic rings. The van der Waals surface area contributed by atoms with Crippen molar-refractivity contribution in [2.75, 3.05) is 19.6 Å². The number of benzene rings is 1. The van der Waals surface area contributed by atoms with Crippen LogP contribution in [0.25, 0.3) is 10.6 Å². The summed E-state index contributed by atoms with van der Waals surface area (Å²) >= 11 is 1.69. The van der Waals surface area contributed by atoms with Crippen molar-refractivity contribution in [1.82, 2.24) is 20.5 Å². The standard InChI is InChI=1S/C22H31N5S.HI/c1-2-23-22(26-18-12-13-27(15-18)20-10-6-7-11-20)24-14-19-16-28-21(25-19)17-8-4-3-5-9-17;/h3-5,8-9,16,18,20H,2,6-7,10-15H2,1H3,(H2,23,24,26);1H. The quantitative estimate of drug-likeness (QED) is 0.332. The number of guanidine groups is 1. The van der Waals surface area contributed by atoms with Crippen LogP contribution in [0, 0.1) is 0 Å². The Kier molecular flexibility index (Phi) is 8.74. The Labute approximate surface area is 195 Å². The molecule has 2 aromatic rings. The van der Waals surface area contributed by atoms with Gasteiger partial charge in [0, 0.05) is 42.7 Å². The molecule has 7 heteroatoms. The van der Waals surface area contributed by atoms with Crippen molar-refractivity contribution in [3.05, 3.63) is 41.4 Å². The highest BCUT2D eigenvalue weighted by atomic mass is 127. The highest BCUT2D eigenvalue weighted by Crippen LogP contribution is 2.26. The van der Waals surface area contributed by atoms with E-state index in [-0.39, 0.29) is 24.0 Å². The normalized spacial score (nSPS) is 20.6. The molecular formula is C22H32IN5S. The van der Waals surface area contributed by atoms with E-state index in [4.69, 9.17) is 9.98 Å². The van der Waals surface area contributed by atoms with Gasteiger partial charge in [-0.2, -0.15) is 0 Å². The van der Waals surface area contributed by atoms with Gasteiger partial charge in [0.2, 0.25) is 0 Å². The van der Waals surface area contributed by atoms with Crippen molar-refractivity contribution in [2.24, 2.45) is 4.99 Å². The number of hydrogen-bond acceptors (Lipinski definition) is 4. The average Bonchev–Trinajstić information content (AvgIpc) is 3.48. The SMILES string of the molecule is CCNC(=NCc1csc(-c2ccccc2)n1)NC1CCN(C2CCCC2)C1.I. The third kappa shape index (κ3) is 6.15. The summed E-state index contributed by atoms with van der Waals surface area (Å²) in [4.78, 5) is 12.2. The lowest BCUT2D eigenvalue weighted by atomic mass is 10.2. The van der Waals surface area contributed by atoms with Crippen LogP contribution in [0.2, 0.25) is 0 Å². The van der Waals surface area contributed by atoms with E-state index in [2.05, 4.69) is 52.1 Å². The van der Waals surface area contributed by atoms with E-state index in [0.717, 1.165) is 35.8 Å². The highest BCUT2D eigenvalue weighted by Gasteiger charge is 2.30. The molecule has 1 saturated heterocycles. The zero-order valence-corrected chi connectivity index (χ0v) is 20.3. The second-order valence-electron chi connectivity index (χ2n) is 7.77. The van der Waals surface area contributed by atoms with E-state index in [1.807, 2.05) is 6.07 Å². The molecule has 1 atom stereocenters. The summed E-state index contributed by atoms with van der Waals surface area (Å²) in [5.74, 6) is 0.912. The highest BCUT2D eigenvalue weighted by molar-refractivity contribution is 14.0. The fourth-order valence-corrected chi connectivity index (χ4v) is 5.09. The molecule has 158 valence electrons. The van der Waals surface area contributed by atoms with E-state index in [1.165, 1.54) is 44.2 Å². The van der Waals surface area contributed by atoms with E-state index in [1.54, 1.807) is 11.3 Å². The van der Waals surface area contributed by atoms with Crippen LogP contribution in [0.1, 0.15) is 44.7 Å². The fraction of sp³-hybridized carbons (Fsp3) is 0.545. The van der Waals surface area contributed by atoms with Crippen LogP contribution < -0.4 is 10.6 Å². The van der Waals surface area contributed by atoms with Gasteiger partial charge in [-0.05, 0) is 26.2 Å². The minimum absolute atomic E-state index is 0. The van der Waals surface area contributed by atoms with Gasteiger partial charge in [0.25, 0.3) is 0 Å². The molecule has 1 aromatic heterocycles. The molecule has 1 aliphatic carbocycles. The number of nitrogens with one attached hydrogen (secondary N) is 2. The first kappa shape index (κ1) is 22.5. The maximum Gasteiger partial charge on any atom is 0.191 e. The van der Waals surface area contributed by atoms with Gasteiger partial charge in [0.1, 0.15) is 5.01 Å². The molecule has 4 rings (SSSR count). The average molecular weight is 526 g/mol. The van der Waals surface area contributed by atoms with Gasteiger partial charge in [-0.3, -0.25) is 4.90 Å². The Morgan fingerprint density at radius 2 is 2.00 bits per heavy atom. The van der Waals surface area contributed by atoms with Crippen molar-refractivity contribution in [3.63, 3.8) is 0 Å². The molecule has 5 nitrogen and oxygen atoms in total. The van der Waals surface area contributed by atoms with Crippen molar-refractivity contribution in [2.45, 2.75) is 57.7 Å². The van der Waals surface area contributed by atoms with Crippen LogP contribution in [0.3, 0.4) is 0 Å². The number of rotatable bonds is 6. The number of hydrogen-bond donors (Lipinski definition) is 2. The molecule has 0 amide bonds. The van der Waals surface area contributed by atoms with Gasteiger partial charge >= 0.3 is 0 Å². The Bertz CT molecular complexity index is 773. The minimum Gasteiger partial charge on any atom is -0.357 e. The fourth-order valence-electron chi connectivity index (χ4n) is 4.27. The van der Waals surface area contributed by atoms with Crippen LogP contribution in [-0.2, 0) is 6.54 Å². The first-order valence-corrected chi connectivity index (χ1v) is 11.5. The molecule has 1 saturated carbocycles. The lowest BCUT2D eigenvalue weighted by Crippen LogP contribution is -2.45. The molecule has 0 spiro atoms. The molecule has 29 heavy (non-hydrogen) atoms. The predicted molar refractivity (Wildman–Crippen MR) is 133 cm³/mol. The second-order valence-corrected chi connectivity index (χ2v) is 8.63. The van der Waals surface area contributed by atoms with Gasteiger partial charge in [0.05, 0.1) is 12.2 Å². The Morgan fingerprint density at radius 1 is 1.21 bits per heavy atom. The third-order valence-corrected chi connectivity index (χ3v) is 6.66. The Morgan fingerprint density at radius 3 is 2.76 bits per heavy atom. The summed E-state index contributed by atoms with van der Waals surface area (Å²) < 4.78 is 0. The topological polar surface area (TPSA) is 52.6 Å². The number of likely N-dealkylation sites (tertiary alicyclic amines) is 1. The summed E-state index contributed by atoms with van der Waals surface area (Å²) in [5, 5.41) is 10.2. The van der Waals surface area contributed by atoms with Crippen LogP contribution in [0.15, 0.2) is 40.7 Å². The Hall–Kier alpha value is -1.19. The van der Waals surface area contributed by atoms with Crippen LogP contribution >= 0.6 is 35.3 Å². The van der Waals surface area contributed by atoms with E-state index < -0.39 is 0 Å². The van der Waals surface area contributed by atoms with Gasteiger partial charge in [-0.15, -0.1) is 35.3 Å². The van der Waals surface area contributed by atoms with E-state index >= 15 is 0 Å². The molecule has 2 fully saturated rings. The molecule has 1 aliphatic heterocycles. The molecule has 0 bridgehead atoms. The lowest BCUT2D eigenvalue weighted by Gasteiger charge is -2.24. The molecule has 2 heterocycles. The largest absolute Gasteiger partial charge is 0.357 e. The Balaban J connectivity index is 0.00000240.